The summed E-state index contributed by atoms with van der Waals surface area (Å²) in [7, 11) is 0. The van der Waals surface area contributed by atoms with Crippen LogP contribution in [0.25, 0.3) is 11.3 Å². The molecule has 2 fully saturated rings. The van der Waals surface area contributed by atoms with E-state index in [1.165, 1.54) is 6.20 Å². The summed E-state index contributed by atoms with van der Waals surface area (Å²) < 4.78 is 46.6. The molecule has 0 bridgehead atoms. The van der Waals surface area contributed by atoms with Crippen molar-refractivity contribution in [2.45, 2.75) is 38.0 Å². The standard InChI is InChI=1S/C18H22F3N5O/c1-10(2)26-16(12-6-25(7-12)13-8-27-9-13)4-15(24-26)11-3-14(18(19,20)21)17(22)23-5-11/h3-5,10,12-13H,6-9H2,1-2H3,(H2,22,23). The Morgan fingerprint density at radius 3 is 2.48 bits per heavy atom. The summed E-state index contributed by atoms with van der Waals surface area (Å²) in [6.07, 6.45) is -3.20. The van der Waals surface area contributed by atoms with E-state index < -0.39 is 17.6 Å². The van der Waals surface area contributed by atoms with Crippen LogP contribution in [0, 0.1) is 0 Å². The molecule has 0 aromatic carbocycles. The molecule has 0 radical (unpaired) electrons. The van der Waals surface area contributed by atoms with E-state index >= 15 is 0 Å². The molecule has 146 valence electrons. The third-order valence-electron chi connectivity index (χ3n) is 5.24. The first-order valence-electron chi connectivity index (χ1n) is 8.98. The van der Waals surface area contributed by atoms with Crippen LogP contribution < -0.4 is 5.73 Å². The number of anilines is 1. The number of aromatic nitrogens is 3. The molecule has 0 aliphatic carbocycles. The van der Waals surface area contributed by atoms with E-state index in [1.54, 1.807) is 0 Å². The van der Waals surface area contributed by atoms with E-state index in [9.17, 15) is 13.2 Å². The van der Waals surface area contributed by atoms with Crippen LogP contribution in [-0.2, 0) is 10.9 Å². The lowest BCUT2D eigenvalue weighted by Gasteiger charge is -2.47. The van der Waals surface area contributed by atoms with E-state index in [2.05, 4.69) is 15.0 Å². The summed E-state index contributed by atoms with van der Waals surface area (Å²) in [5.74, 6) is -0.204. The van der Waals surface area contributed by atoms with Gasteiger partial charge in [0.05, 0.1) is 30.5 Å². The van der Waals surface area contributed by atoms with Gasteiger partial charge in [0.1, 0.15) is 5.82 Å². The second-order valence-electron chi connectivity index (χ2n) is 7.49. The number of ether oxygens (including phenoxy) is 1. The molecule has 0 spiro atoms. The third-order valence-corrected chi connectivity index (χ3v) is 5.24. The van der Waals surface area contributed by atoms with Crippen LogP contribution >= 0.6 is 0 Å². The van der Waals surface area contributed by atoms with E-state index in [0.717, 1.165) is 38.1 Å². The summed E-state index contributed by atoms with van der Waals surface area (Å²) in [4.78, 5) is 6.10. The Bertz CT molecular complexity index is 838. The number of likely N-dealkylation sites (tertiary alicyclic amines) is 1. The number of nitrogens with zero attached hydrogens (tertiary/aromatic N) is 4. The molecule has 0 unspecified atom stereocenters. The molecular weight excluding hydrogens is 359 g/mol. The lowest BCUT2D eigenvalue weighted by molar-refractivity contribution is -0.137. The lowest BCUT2D eigenvalue weighted by atomic mass is 9.92. The van der Waals surface area contributed by atoms with Gasteiger partial charge in [-0.25, -0.2) is 4.98 Å². The average molecular weight is 381 g/mol. The van der Waals surface area contributed by atoms with Gasteiger partial charge in [0, 0.05) is 42.5 Å². The number of alkyl halides is 3. The number of halogens is 3. The van der Waals surface area contributed by atoms with Crippen molar-refractivity contribution in [2.24, 2.45) is 0 Å². The summed E-state index contributed by atoms with van der Waals surface area (Å²) in [6.45, 7) is 7.41. The number of hydrogen-bond donors (Lipinski definition) is 1. The van der Waals surface area contributed by atoms with Crippen molar-refractivity contribution in [3.63, 3.8) is 0 Å². The first-order chi connectivity index (χ1) is 12.7. The van der Waals surface area contributed by atoms with Gasteiger partial charge in [-0.1, -0.05) is 0 Å². The molecule has 2 aromatic rings. The maximum absolute atomic E-state index is 13.1. The second-order valence-corrected chi connectivity index (χ2v) is 7.49. The number of rotatable bonds is 4. The minimum absolute atomic E-state index is 0.110. The molecular formula is C18H22F3N5O. The van der Waals surface area contributed by atoms with Crippen LogP contribution in [-0.4, -0.2) is 52.0 Å². The monoisotopic (exact) mass is 381 g/mol. The fourth-order valence-electron chi connectivity index (χ4n) is 3.54. The summed E-state index contributed by atoms with van der Waals surface area (Å²) in [5, 5.41) is 4.57. The van der Waals surface area contributed by atoms with Gasteiger partial charge in [0.15, 0.2) is 0 Å². The maximum Gasteiger partial charge on any atom is 0.419 e. The van der Waals surface area contributed by atoms with E-state index in [0.29, 0.717) is 23.2 Å². The Morgan fingerprint density at radius 1 is 1.22 bits per heavy atom. The zero-order valence-corrected chi connectivity index (χ0v) is 15.2. The molecule has 4 heterocycles. The first kappa shape index (κ1) is 18.2. The summed E-state index contributed by atoms with van der Waals surface area (Å²) >= 11 is 0. The molecule has 6 nitrogen and oxygen atoms in total. The van der Waals surface area contributed by atoms with Gasteiger partial charge in [-0.05, 0) is 26.0 Å². The van der Waals surface area contributed by atoms with E-state index in [1.807, 2.05) is 24.6 Å². The van der Waals surface area contributed by atoms with Crippen LogP contribution in [0.2, 0.25) is 0 Å². The SMILES string of the molecule is CC(C)n1nc(-c2cnc(N)c(C(F)(F)F)c2)cc1C1CN(C2COC2)C1. The van der Waals surface area contributed by atoms with Gasteiger partial charge in [-0.15, -0.1) is 0 Å². The summed E-state index contributed by atoms with van der Waals surface area (Å²) in [5.41, 5.74) is 6.33. The fraction of sp³-hybridized carbons (Fsp3) is 0.556. The van der Waals surface area contributed by atoms with Crippen LogP contribution in [0.15, 0.2) is 18.3 Å². The highest BCUT2D eigenvalue weighted by Gasteiger charge is 2.39. The molecule has 0 saturated carbocycles. The van der Waals surface area contributed by atoms with Gasteiger partial charge in [-0.3, -0.25) is 9.58 Å². The van der Waals surface area contributed by atoms with Crippen LogP contribution in [0.3, 0.4) is 0 Å². The van der Waals surface area contributed by atoms with Gasteiger partial charge in [0.25, 0.3) is 0 Å². The predicted octanol–water partition coefficient (Wildman–Crippen LogP) is 2.93. The highest BCUT2D eigenvalue weighted by atomic mass is 19.4. The molecule has 2 aromatic heterocycles. The Balaban J connectivity index is 1.63. The van der Waals surface area contributed by atoms with Crippen molar-refractivity contribution in [3.8, 4) is 11.3 Å². The van der Waals surface area contributed by atoms with E-state index in [4.69, 9.17) is 10.5 Å². The average Bonchev–Trinajstić information content (AvgIpc) is 2.92. The highest BCUT2D eigenvalue weighted by molar-refractivity contribution is 5.63. The maximum atomic E-state index is 13.1. The van der Waals surface area contributed by atoms with Gasteiger partial charge in [-0.2, -0.15) is 18.3 Å². The number of hydrogen-bond acceptors (Lipinski definition) is 5. The van der Waals surface area contributed by atoms with Crippen molar-refractivity contribution >= 4 is 5.82 Å². The zero-order valence-electron chi connectivity index (χ0n) is 15.2. The Labute approximate surface area is 155 Å². The molecule has 2 saturated heterocycles. The largest absolute Gasteiger partial charge is 0.419 e. The molecule has 9 heteroatoms. The molecule has 4 rings (SSSR count). The first-order valence-corrected chi connectivity index (χ1v) is 8.98. The molecule has 27 heavy (non-hydrogen) atoms. The molecule has 2 N–H and O–H groups in total. The fourth-order valence-corrected chi connectivity index (χ4v) is 3.54. The smallest absolute Gasteiger partial charge is 0.383 e. The molecule has 2 aliphatic heterocycles. The van der Waals surface area contributed by atoms with Crippen LogP contribution in [0.4, 0.5) is 19.0 Å². The Morgan fingerprint density at radius 2 is 1.93 bits per heavy atom. The second kappa shape index (κ2) is 6.49. The summed E-state index contributed by atoms with van der Waals surface area (Å²) in [6, 6.07) is 3.51. The van der Waals surface area contributed by atoms with Crippen molar-refractivity contribution in [3.05, 3.63) is 29.6 Å². The number of nitrogens with two attached hydrogens (primary N) is 1. The minimum Gasteiger partial charge on any atom is -0.383 e. The van der Waals surface area contributed by atoms with Crippen molar-refractivity contribution in [1.82, 2.24) is 19.7 Å². The van der Waals surface area contributed by atoms with Crippen LogP contribution in [0.1, 0.15) is 37.1 Å². The van der Waals surface area contributed by atoms with Crippen molar-refractivity contribution in [2.75, 3.05) is 32.0 Å². The van der Waals surface area contributed by atoms with E-state index in [-0.39, 0.29) is 6.04 Å². The normalized spacial score (nSPS) is 19.3. The predicted molar refractivity (Wildman–Crippen MR) is 94.2 cm³/mol. The van der Waals surface area contributed by atoms with Crippen LogP contribution in [0.5, 0.6) is 0 Å². The van der Waals surface area contributed by atoms with Gasteiger partial charge >= 0.3 is 6.18 Å². The van der Waals surface area contributed by atoms with Crippen molar-refractivity contribution in [1.29, 1.82) is 0 Å². The highest BCUT2D eigenvalue weighted by Crippen LogP contribution is 2.37. The minimum atomic E-state index is -4.55. The molecule has 0 amide bonds. The molecule has 2 aliphatic rings. The third kappa shape index (κ3) is 3.29. The Hall–Kier alpha value is -2.13. The quantitative estimate of drug-likeness (QED) is 0.882. The molecule has 0 atom stereocenters. The van der Waals surface area contributed by atoms with Gasteiger partial charge < -0.3 is 10.5 Å². The lowest BCUT2D eigenvalue weighted by Crippen LogP contribution is -2.58. The number of pyridine rings is 1. The van der Waals surface area contributed by atoms with Crippen molar-refractivity contribution < 1.29 is 17.9 Å². The topological polar surface area (TPSA) is 69.2 Å². The Kier molecular flexibility index (Phi) is 4.38. The zero-order chi connectivity index (χ0) is 19.3. The number of nitrogen functional groups attached to an aromatic ring is 1. The van der Waals surface area contributed by atoms with Gasteiger partial charge in [0.2, 0.25) is 0 Å².